The van der Waals surface area contributed by atoms with E-state index in [-0.39, 0.29) is 11.8 Å². The van der Waals surface area contributed by atoms with Crippen LogP contribution in [0.2, 0.25) is 0 Å². The molecule has 0 unspecified atom stereocenters. The van der Waals surface area contributed by atoms with E-state index < -0.39 is 12.0 Å². The summed E-state index contributed by atoms with van der Waals surface area (Å²) in [6, 6.07) is 17.0. The lowest BCUT2D eigenvalue weighted by Gasteiger charge is -2.34. The molecule has 0 radical (unpaired) electrons. The molecule has 5 nitrogen and oxygen atoms in total. The van der Waals surface area contributed by atoms with E-state index in [1.807, 2.05) is 54.6 Å². The average Bonchev–Trinajstić information content (AvgIpc) is 2.63. The molecular weight excluding hydrogens is 306 g/mol. The second-order valence-corrected chi connectivity index (χ2v) is 5.74. The molecule has 1 heterocycles. The van der Waals surface area contributed by atoms with E-state index in [0.717, 1.165) is 16.9 Å². The number of esters is 1. The van der Waals surface area contributed by atoms with Gasteiger partial charge in [-0.15, -0.1) is 0 Å². The van der Waals surface area contributed by atoms with Crippen molar-refractivity contribution in [3.05, 3.63) is 65.7 Å². The lowest BCUT2D eigenvalue weighted by Crippen LogP contribution is -2.62. The molecule has 5 heteroatoms. The van der Waals surface area contributed by atoms with Crippen LogP contribution in [0.3, 0.4) is 0 Å². The van der Waals surface area contributed by atoms with Gasteiger partial charge in [-0.25, -0.2) is 4.79 Å². The third-order valence-corrected chi connectivity index (χ3v) is 4.12. The third-order valence-electron chi connectivity index (χ3n) is 4.12. The van der Waals surface area contributed by atoms with Crippen molar-refractivity contribution in [3.8, 4) is 5.75 Å². The first-order valence-electron chi connectivity index (χ1n) is 7.81. The van der Waals surface area contributed by atoms with Crippen LogP contribution in [0, 0.1) is 5.92 Å². The summed E-state index contributed by atoms with van der Waals surface area (Å²) in [5.41, 5.74) is 2.09. The molecule has 0 spiro atoms. The number of carbonyl (C=O) groups is 2. The molecule has 0 aliphatic carbocycles. The molecule has 2 atom stereocenters. The molecule has 1 aliphatic heterocycles. The van der Waals surface area contributed by atoms with Gasteiger partial charge in [0.25, 0.3) is 0 Å². The van der Waals surface area contributed by atoms with Crippen molar-refractivity contribution >= 4 is 11.9 Å². The Balaban J connectivity index is 1.56. The van der Waals surface area contributed by atoms with Gasteiger partial charge in [0.05, 0.1) is 13.0 Å². The topological polar surface area (TPSA) is 64.6 Å². The van der Waals surface area contributed by atoms with Crippen molar-refractivity contribution < 1.29 is 19.1 Å². The van der Waals surface area contributed by atoms with Crippen molar-refractivity contribution in [3.63, 3.8) is 0 Å². The molecule has 2 aromatic rings. The lowest BCUT2D eigenvalue weighted by atomic mass is 9.85. The van der Waals surface area contributed by atoms with Gasteiger partial charge in [-0.3, -0.25) is 4.79 Å². The third kappa shape index (κ3) is 3.56. The van der Waals surface area contributed by atoms with Crippen LogP contribution < -0.4 is 10.1 Å². The predicted octanol–water partition coefficient (Wildman–Crippen LogP) is 2.10. The maximum Gasteiger partial charge on any atom is 0.329 e. The maximum absolute atomic E-state index is 11.6. The molecule has 124 valence electrons. The Morgan fingerprint density at radius 2 is 1.75 bits per heavy atom. The molecule has 1 N–H and O–H groups in total. The number of nitrogens with one attached hydrogen (secondary N) is 1. The summed E-state index contributed by atoms with van der Waals surface area (Å²) in [4.78, 5) is 23.2. The van der Waals surface area contributed by atoms with Gasteiger partial charge in [0, 0.05) is 0 Å². The van der Waals surface area contributed by atoms with E-state index in [1.54, 1.807) is 0 Å². The van der Waals surface area contributed by atoms with Crippen molar-refractivity contribution in [2.45, 2.75) is 19.1 Å². The summed E-state index contributed by atoms with van der Waals surface area (Å²) in [7, 11) is 1.32. The minimum absolute atomic E-state index is 0.116. The summed E-state index contributed by atoms with van der Waals surface area (Å²) in [5, 5.41) is 2.58. The number of methoxy groups -OCH3 is 1. The Morgan fingerprint density at radius 1 is 1.04 bits per heavy atom. The lowest BCUT2D eigenvalue weighted by molar-refractivity contribution is -0.155. The van der Waals surface area contributed by atoms with Gasteiger partial charge < -0.3 is 14.8 Å². The normalized spacial score (nSPS) is 19.1. The largest absolute Gasteiger partial charge is 0.489 e. The molecule has 0 bridgehead atoms. The van der Waals surface area contributed by atoms with Crippen LogP contribution in [0.1, 0.15) is 11.1 Å². The van der Waals surface area contributed by atoms with E-state index in [0.29, 0.717) is 13.0 Å². The van der Waals surface area contributed by atoms with Gasteiger partial charge in [-0.05, 0) is 29.7 Å². The minimum atomic E-state index is -0.545. The molecule has 1 amide bonds. The highest BCUT2D eigenvalue weighted by Crippen LogP contribution is 2.23. The Labute approximate surface area is 140 Å². The Kier molecular flexibility index (Phi) is 4.79. The zero-order valence-electron chi connectivity index (χ0n) is 13.4. The van der Waals surface area contributed by atoms with Gasteiger partial charge >= 0.3 is 5.97 Å². The average molecular weight is 325 g/mol. The summed E-state index contributed by atoms with van der Waals surface area (Å²) < 4.78 is 10.4. The van der Waals surface area contributed by atoms with E-state index in [9.17, 15) is 9.59 Å². The van der Waals surface area contributed by atoms with Crippen LogP contribution in [-0.4, -0.2) is 25.0 Å². The monoisotopic (exact) mass is 325 g/mol. The number of ether oxygens (including phenoxy) is 2. The highest BCUT2D eigenvalue weighted by molar-refractivity contribution is 5.97. The SMILES string of the molecule is COC(=O)[C@H]1NC(=O)[C@H]1Cc1ccc(OCc2ccccc2)cc1. The van der Waals surface area contributed by atoms with Crippen molar-refractivity contribution in [2.24, 2.45) is 5.92 Å². The number of carbonyl (C=O) groups excluding carboxylic acids is 2. The highest BCUT2D eigenvalue weighted by Gasteiger charge is 2.44. The number of rotatable bonds is 6. The van der Waals surface area contributed by atoms with Crippen LogP contribution in [0.4, 0.5) is 0 Å². The summed E-state index contributed by atoms with van der Waals surface area (Å²) in [5.74, 6) is -0.115. The van der Waals surface area contributed by atoms with Crippen LogP contribution in [0.25, 0.3) is 0 Å². The first-order valence-corrected chi connectivity index (χ1v) is 7.81. The highest BCUT2D eigenvalue weighted by atomic mass is 16.5. The quantitative estimate of drug-likeness (QED) is 0.652. The Bertz CT molecular complexity index is 712. The maximum atomic E-state index is 11.6. The molecule has 1 saturated heterocycles. The summed E-state index contributed by atoms with van der Waals surface area (Å²) in [6.07, 6.45) is 0.505. The predicted molar refractivity (Wildman–Crippen MR) is 88.4 cm³/mol. The van der Waals surface area contributed by atoms with Crippen molar-refractivity contribution in [2.75, 3.05) is 7.11 Å². The fraction of sp³-hybridized carbons (Fsp3) is 0.263. The van der Waals surface area contributed by atoms with Crippen LogP contribution in [-0.2, 0) is 27.4 Å². The first kappa shape index (κ1) is 16.1. The number of amides is 1. The van der Waals surface area contributed by atoms with Crippen LogP contribution in [0.15, 0.2) is 54.6 Å². The van der Waals surface area contributed by atoms with Gasteiger partial charge in [0.1, 0.15) is 18.4 Å². The zero-order valence-corrected chi connectivity index (χ0v) is 13.4. The fourth-order valence-corrected chi connectivity index (χ4v) is 2.69. The van der Waals surface area contributed by atoms with Crippen molar-refractivity contribution in [1.82, 2.24) is 5.32 Å². The van der Waals surface area contributed by atoms with Gasteiger partial charge in [0.2, 0.25) is 5.91 Å². The number of hydrogen-bond acceptors (Lipinski definition) is 4. The standard InChI is InChI=1S/C19H19NO4/c1-23-19(22)17-16(18(21)20-17)11-13-7-9-15(10-8-13)24-12-14-5-3-2-4-6-14/h2-10,16-17H,11-12H2,1H3,(H,20,21)/t16-,17-/m0/s1. The number of β-lactam (4-membered cyclic amide) rings is 1. The van der Waals surface area contributed by atoms with E-state index in [1.165, 1.54) is 7.11 Å². The molecule has 0 aromatic heterocycles. The second kappa shape index (κ2) is 7.17. The van der Waals surface area contributed by atoms with Crippen LogP contribution >= 0.6 is 0 Å². The van der Waals surface area contributed by atoms with Gasteiger partial charge in [-0.2, -0.15) is 0 Å². The number of benzene rings is 2. The minimum Gasteiger partial charge on any atom is -0.489 e. The summed E-state index contributed by atoms with van der Waals surface area (Å²) >= 11 is 0. The zero-order chi connectivity index (χ0) is 16.9. The molecule has 2 aromatic carbocycles. The second-order valence-electron chi connectivity index (χ2n) is 5.74. The molecule has 24 heavy (non-hydrogen) atoms. The van der Waals surface area contributed by atoms with Gasteiger partial charge in [0.15, 0.2) is 0 Å². The van der Waals surface area contributed by atoms with Gasteiger partial charge in [-0.1, -0.05) is 42.5 Å². The van der Waals surface area contributed by atoms with E-state index in [4.69, 9.17) is 4.74 Å². The smallest absolute Gasteiger partial charge is 0.329 e. The van der Waals surface area contributed by atoms with Crippen molar-refractivity contribution in [1.29, 1.82) is 0 Å². The molecular formula is C19H19NO4. The van der Waals surface area contributed by atoms with E-state index in [2.05, 4.69) is 10.1 Å². The molecule has 1 fully saturated rings. The fourth-order valence-electron chi connectivity index (χ4n) is 2.69. The summed E-state index contributed by atoms with van der Waals surface area (Å²) in [6.45, 7) is 0.510. The molecule has 3 rings (SSSR count). The molecule has 0 saturated carbocycles. The Hall–Kier alpha value is -2.82. The first-order chi connectivity index (χ1) is 11.7. The van der Waals surface area contributed by atoms with E-state index >= 15 is 0 Å². The molecule has 1 aliphatic rings. The Morgan fingerprint density at radius 3 is 2.38 bits per heavy atom. The van der Waals surface area contributed by atoms with Crippen LogP contribution in [0.5, 0.6) is 5.75 Å². The number of hydrogen-bond donors (Lipinski definition) is 1.